The van der Waals surface area contributed by atoms with Crippen LogP contribution in [0.3, 0.4) is 0 Å². The van der Waals surface area contributed by atoms with E-state index in [2.05, 4.69) is 10.9 Å². The molecule has 0 spiro atoms. The normalized spacial score (nSPS) is 10.4. The van der Waals surface area contributed by atoms with E-state index in [9.17, 15) is 9.59 Å². The van der Waals surface area contributed by atoms with Gasteiger partial charge in [-0.1, -0.05) is 24.3 Å². The molecule has 122 valence electrons. The highest BCUT2D eigenvalue weighted by molar-refractivity contribution is 7.20. The number of carbonyl (C=O) groups excluding carboxylic acids is 2. The number of rotatable bonds is 3. The third-order valence-electron chi connectivity index (χ3n) is 3.56. The second-order valence-corrected chi connectivity index (χ2v) is 6.59. The standard InChI is InChI=1S/C18H17N3O2S/c1-21(2)14-8-5-7-13(10-14)17(22)19-20-18(23)16-11-12-6-3-4-9-15(12)24-16/h3-11H,1-2H3,(H,19,22)(H,20,23). The van der Waals surface area contributed by atoms with Gasteiger partial charge in [0.2, 0.25) is 0 Å². The Morgan fingerprint density at radius 1 is 0.917 bits per heavy atom. The number of hydrogen-bond acceptors (Lipinski definition) is 4. The quantitative estimate of drug-likeness (QED) is 0.721. The van der Waals surface area contributed by atoms with E-state index in [1.165, 1.54) is 11.3 Å². The average molecular weight is 339 g/mol. The molecule has 0 bridgehead atoms. The molecule has 0 radical (unpaired) electrons. The Balaban J connectivity index is 1.67. The van der Waals surface area contributed by atoms with Crippen LogP contribution in [0.2, 0.25) is 0 Å². The molecular weight excluding hydrogens is 322 g/mol. The van der Waals surface area contributed by atoms with E-state index >= 15 is 0 Å². The van der Waals surface area contributed by atoms with Gasteiger partial charge in [0, 0.05) is 30.0 Å². The molecule has 0 unspecified atom stereocenters. The Morgan fingerprint density at radius 2 is 1.67 bits per heavy atom. The first-order chi connectivity index (χ1) is 11.5. The summed E-state index contributed by atoms with van der Waals surface area (Å²) in [5, 5.41) is 1.01. The van der Waals surface area contributed by atoms with Crippen molar-refractivity contribution in [2.75, 3.05) is 19.0 Å². The zero-order valence-corrected chi connectivity index (χ0v) is 14.2. The van der Waals surface area contributed by atoms with Crippen molar-refractivity contribution >= 4 is 38.9 Å². The number of fused-ring (bicyclic) bond motifs is 1. The van der Waals surface area contributed by atoms with E-state index < -0.39 is 0 Å². The number of thiophene rings is 1. The van der Waals surface area contributed by atoms with Gasteiger partial charge in [-0.2, -0.15) is 0 Å². The predicted molar refractivity (Wildman–Crippen MR) is 97.5 cm³/mol. The van der Waals surface area contributed by atoms with Crippen LogP contribution in [0.4, 0.5) is 5.69 Å². The molecule has 24 heavy (non-hydrogen) atoms. The molecule has 2 aromatic carbocycles. The molecule has 0 aliphatic carbocycles. The summed E-state index contributed by atoms with van der Waals surface area (Å²) in [7, 11) is 3.81. The van der Waals surface area contributed by atoms with Crippen LogP contribution < -0.4 is 15.8 Å². The molecular formula is C18H17N3O2S. The van der Waals surface area contributed by atoms with Crippen LogP contribution in [-0.4, -0.2) is 25.9 Å². The number of hydrogen-bond donors (Lipinski definition) is 2. The molecule has 0 saturated carbocycles. The fraction of sp³-hybridized carbons (Fsp3) is 0.111. The minimum Gasteiger partial charge on any atom is -0.378 e. The van der Waals surface area contributed by atoms with Gasteiger partial charge in [0.1, 0.15) is 0 Å². The first kappa shape index (κ1) is 16.0. The van der Waals surface area contributed by atoms with Crippen LogP contribution in [0.15, 0.2) is 54.6 Å². The van der Waals surface area contributed by atoms with Crippen molar-refractivity contribution < 1.29 is 9.59 Å². The van der Waals surface area contributed by atoms with E-state index in [0.717, 1.165) is 15.8 Å². The minimum atomic E-state index is -0.354. The third-order valence-corrected chi connectivity index (χ3v) is 4.68. The summed E-state index contributed by atoms with van der Waals surface area (Å²) >= 11 is 1.39. The van der Waals surface area contributed by atoms with E-state index in [4.69, 9.17) is 0 Å². The van der Waals surface area contributed by atoms with E-state index in [1.807, 2.05) is 55.4 Å². The average Bonchev–Trinajstić information content (AvgIpc) is 3.03. The third kappa shape index (κ3) is 3.38. The fourth-order valence-corrected chi connectivity index (χ4v) is 3.22. The Labute approximate surface area is 143 Å². The lowest BCUT2D eigenvalue weighted by atomic mass is 10.2. The molecule has 1 aromatic heterocycles. The zero-order valence-electron chi connectivity index (χ0n) is 13.4. The predicted octanol–water partition coefficient (Wildman–Crippen LogP) is 3.04. The summed E-state index contributed by atoms with van der Waals surface area (Å²) in [6.45, 7) is 0. The maximum Gasteiger partial charge on any atom is 0.279 e. The molecule has 0 fully saturated rings. The Bertz CT molecular complexity index is 869. The van der Waals surface area contributed by atoms with Crippen molar-refractivity contribution in [3.63, 3.8) is 0 Å². The molecule has 5 nitrogen and oxygen atoms in total. The van der Waals surface area contributed by atoms with E-state index in [0.29, 0.717) is 10.4 Å². The maximum atomic E-state index is 12.2. The van der Waals surface area contributed by atoms with Crippen molar-refractivity contribution in [2.45, 2.75) is 0 Å². The molecule has 1 heterocycles. The Kier molecular flexibility index (Phi) is 4.48. The molecule has 0 saturated heterocycles. The van der Waals surface area contributed by atoms with Crippen LogP contribution in [0.25, 0.3) is 10.1 Å². The number of nitrogens with zero attached hydrogens (tertiary/aromatic N) is 1. The molecule has 2 amide bonds. The summed E-state index contributed by atoms with van der Waals surface area (Å²) in [6, 6.07) is 16.8. The SMILES string of the molecule is CN(C)c1cccc(C(=O)NNC(=O)c2cc3ccccc3s2)c1. The van der Waals surface area contributed by atoms with Crippen molar-refractivity contribution in [3.8, 4) is 0 Å². The molecule has 0 aliphatic heterocycles. The van der Waals surface area contributed by atoms with Gasteiger partial charge in [0.25, 0.3) is 11.8 Å². The maximum absolute atomic E-state index is 12.2. The van der Waals surface area contributed by atoms with Gasteiger partial charge in [-0.3, -0.25) is 20.4 Å². The second kappa shape index (κ2) is 6.72. The molecule has 3 rings (SSSR count). The van der Waals surface area contributed by atoms with Gasteiger partial charge in [0.05, 0.1) is 4.88 Å². The zero-order chi connectivity index (χ0) is 17.1. The van der Waals surface area contributed by atoms with Gasteiger partial charge >= 0.3 is 0 Å². The number of benzene rings is 2. The highest BCUT2D eigenvalue weighted by Gasteiger charge is 2.12. The summed E-state index contributed by atoms with van der Waals surface area (Å²) in [6.07, 6.45) is 0. The molecule has 2 N–H and O–H groups in total. The van der Waals surface area contributed by atoms with Crippen molar-refractivity contribution in [1.82, 2.24) is 10.9 Å². The molecule has 0 atom stereocenters. The Morgan fingerprint density at radius 3 is 2.42 bits per heavy atom. The van der Waals surface area contributed by atoms with Crippen LogP contribution in [0.5, 0.6) is 0 Å². The van der Waals surface area contributed by atoms with Gasteiger partial charge in [-0.15, -0.1) is 11.3 Å². The lowest BCUT2D eigenvalue weighted by Gasteiger charge is -2.13. The lowest BCUT2D eigenvalue weighted by Crippen LogP contribution is -2.41. The smallest absolute Gasteiger partial charge is 0.279 e. The van der Waals surface area contributed by atoms with Crippen LogP contribution >= 0.6 is 11.3 Å². The van der Waals surface area contributed by atoms with E-state index in [-0.39, 0.29) is 11.8 Å². The largest absolute Gasteiger partial charge is 0.378 e. The Hall–Kier alpha value is -2.86. The summed E-state index contributed by atoms with van der Waals surface area (Å²) in [5.74, 6) is -0.679. The first-order valence-corrected chi connectivity index (χ1v) is 8.23. The number of hydrazine groups is 1. The van der Waals surface area contributed by atoms with Crippen LogP contribution in [-0.2, 0) is 0 Å². The van der Waals surface area contributed by atoms with Gasteiger partial charge < -0.3 is 4.90 Å². The number of anilines is 1. The highest BCUT2D eigenvalue weighted by Crippen LogP contribution is 2.24. The number of carbonyl (C=O) groups is 2. The van der Waals surface area contributed by atoms with Crippen molar-refractivity contribution in [2.24, 2.45) is 0 Å². The van der Waals surface area contributed by atoms with Crippen molar-refractivity contribution in [3.05, 3.63) is 65.0 Å². The van der Waals surface area contributed by atoms with E-state index in [1.54, 1.807) is 18.2 Å². The number of amides is 2. The highest BCUT2D eigenvalue weighted by atomic mass is 32.1. The second-order valence-electron chi connectivity index (χ2n) is 5.50. The summed E-state index contributed by atoms with van der Waals surface area (Å²) < 4.78 is 1.03. The van der Waals surface area contributed by atoms with Crippen LogP contribution in [0, 0.1) is 0 Å². The lowest BCUT2D eigenvalue weighted by molar-refractivity contribution is 0.0849. The number of nitrogens with one attached hydrogen (secondary N) is 2. The monoisotopic (exact) mass is 339 g/mol. The van der Waals surface area contributed by atoms with Gasteiger partial charge in [0.15, 0.2) is 0 Å². The first-order valence-electron chi connectivity index (χ1n) is 7.41. The minimum absolute atomic E-state index is 0.326. The summed E-state index contributed by atoms with van der Waals surface area (Å²) in [4.78, 5) is 26.9. The van der Waals surface area contributed by atoms with Crippen LogP contribution in [0.1, 0.15) is 20.0 Å². The van der Waals surface area contributed by atoms with Gasteiger partial charge in [-0.05, 0) is 35.7 Å². The molecule has 3 aromatic rings. The van der Waals surface area contributed by atoms with Crippen molar-refractivity contribution in [1.29, 1.82) is 0 Å². The van der Waals surface area contributed by atoms with Gasteiger partial charge in [-0.25, -0.2) is 0 Å². The summed E-state index contributed by atoms with van der Waals surface area (Å²) in [5.41, 5.74) is 6.32. The molecule has 0 aliphatic rings. The topological polar surface area (TPSA) is 61.4 Å². The fourth-order valence-electron chi connectivity index (χ4n) is 2.27. The molecule has 6 heteroatoms.